The Kier molecular flexibility index (Phi) is 3.99. The Morgan fingerprint density at radius 2 is 2.38 bits per heavy atom. The Morgan fingerprint density at radius 3 is 3.00 bits per heavy atom. The normalized spacial score (nSPS) is 13.2. The number of rotatable bonds is 5. The molecule has 0 aliphatic heterocycles. The van der Waals surface area contributed by atoms with E-state index >= 15 is 0 Å². The van der Waals surface area contributed by atoms with E-state index in [2.05, 4.69) is 28.3 Å². The van der Waals surface area contributed by atoms with E-state index in [1.165, 1.54) is 5.56 Å². The molecule has 0 bridgehead atoms. The SMILES string of the molecule is CNCc1ccn(CCC(C)O)c1. The number of nitrogens with zero attached hydrogens (tertiary/aromatic N) is 1. The van der Waals surface area contributed by atoms with Gasteiger partial charge in [0.05, 0.1) is 6.10 Å². The Morgan fingerprint density at radius 1 is 1.62 bits per heavy atom. The summed E-state index contributed by atoms with van der Waals surface area (Å²) in [5.74, 6) is 0. The minimum atomic E-state index is -0.213. The van der Waals surface area contributed by atoms with E-state index in [4.69, 9.17) is 5.11 Å². The van der Waals surface area contributed by atoms with Crippen LogP contribution in [0.2, 0.25) is 0 Å². The highest BCUT2D eigenvalue weighted by atomic mass is 16.3. The Hall–Kier alpha value is -0.800. The van der Waals surface area contributed by atoms with Crippen LogP contribution in [0.4, 0.5) is 0 Å². The number of nitrogens with one attached hydrogen (secondary N) is 1. The maximum atomic E-state index is 9.10. The number of hydrogen-bond donors (Lipinski definition) is 2. The van der Waals surface area contributed by atoms with Gasteiger partial charge in [-0.3, -0.25) is 0 Å². The molecule has 1 rings (SSSR count). The van der Waals surface area contributed by atoms with Gasteiger partial charge in [0.1, 0.15) is 0 Å². The van der Waals surface area contributed by atoms with E-state index in [9.17, 15) is 0 Å². The molecule has 13 heavy (non-hydrogen) atoms. The predicted molar refractivity (Wildman–Crippen MR) is 53.5 cm³/mol. The zero-order chi connectivity index (χ0) is 9.68. The van der Waals surface area contributed by atoms with E-state index in [0.717, 1.165) is 19.5 Å². The number of aromatic nitrogens is 1. The van der Waals surface area contributed by atoms with Crippen LogP contribution in [0.1, 0.15) is 18.9 Å². The smallest absolute Gasteiger partial charge is 0.0529 e. The van der Waals surface area contributed by atoms with Gasteiger partial charge in [0, 0.05) is 25.5 Å². The average molecular weight is 182 g/mol. The second-order valence-electron chi connectivity index (χ2n) is 3.43. The fourth-order valence-corrected chi connectivity index (χ4v) is 1.27. The van der Waals surface area contributed by atoms with E-state index in [1.807, 2.05) is 14.0 Å². The molecule has 0 aromatic carbocycles. The van der Waals surface area contributed by atoms with Crippen molar-refractivity contribution in [2.75, 3.05) is 7.05 Å². The third-order valence-electron chi connectivity index (χ3n) is 2.00. The van der Waals surface area contributed by atoms with Crippen molar-refractivity contribution in [1.82, 2.24) is 9.88 Å². The van der Waals surface area contributed by atoms with Gasteiger partial charge in [-0.05, 0) is 32.0 Å². The van der Waals surface area contributed by atoms with Crippen molar-refractivity contribution in [3.8, 4) is 0 Å². The largest absolute Gasteiger partial charge is 0.393 e. The molecule has 1 atom stereocenters. The van der Waals surface area contributed by atoms with E-state index < -0.39 is 0 Å². The lowest BCUT2D eigenvalue weighted by atomic mass is 10.3. The third kappa shape index (κ3) is 3.61. The molecule has 3 heteroatoms. The second-order valence-corrected chi connectivity index (χ2v) is 3.43. The lowest BCUT2D eigenvalue weighted by Gasteiger charge is -2.04. The topological polar surface area (TPSA) is 37.2 Å². The van der Waals surface area contributed by atoms with Gasteiger partial charge in [0.15, 0.2) is 0 Å². The van der Waals surface area contributed by atoms with E-state index in [1.54, 1.807) is 0 Å². The second kappa shape index (κ2) is 5.04. The zero-order valence-corrected chi connectivity index (χ0v) is 8.33. The van der Waals surface area contributed by atoms with Crippen molar-refractivity contribution in [3.63, 3.8) is 0 Å². The van der Waals surface area contributed by atoms with Crippen LogP contribution in [-0.4, -0.2) is 22.8 Å². The van der Waals surface area contributed by atoms with Gasteiger partial charge < -0.3 is 15.0 Å². The van der Waals surface area contributed by atoms with Gasteiger partial charge in [-0.15, -0.1) is 0 Å². The lowest BCUT2D eigenvalue weighted by Crippen LogP contribution is -2.06. The molecule has 3 nitrogen and oxygen atoms in total. The van der Waals surface area contributed by atoms with Crippen molar-refractivity contribution in [3.05, 3.63) is 24.0 Å². The van der Waals surface area contributed by atoms with Gasteiger partial charge in [0.25, 0.3) is 0 Å². The minimum absolute atomic E-state index is 0.213. The fourth-order valence-electron chi connectivity index (χ4n) is 1.27. The zero-order valence-electron chi connectivity index (χ0n) is 8.33. The lowest BCUT2D eigenvalue weighted by molar-refractivity contribution is 0.178. The van der Waals surface area contributed by atoms with E-state index in [-0.39, 0.29) is 6.10 Å². The fraction of sp³-hybridized carbons (Fsp3) is 0.600. The van der Waals surface area contributed by atoms with Crippen LogP contribution < -0.4 is 5.32 Å². The third-order valence-corrected chi connectivity index (χ3v) is 2.00. The van der Waals surface area contributed by atoms with Crippen LogP contribution in [-0.2, 0) is 13.1 Å². The molecule has 0 fully saturated rings. The summed E-state index contributed by atoms with van der Waals surface area (Å²) < 4.78 is 2.11. The molecule has 0 spiro atoms. The molecule has 1 aromatic heterocycles. The summed E-state index contributed by atoms with van der Waals surface area (Å²) in [5, 5.41) is 12.2. The van der Waals surface area contributed by atoms with E-state index in [0.29, 0.717) is 0 Å². The molecular formula is C10H18N2O. The summed E-state index contributed by atoms with van der Waals surface area (Å²) in [7, 11) is 1.94. The maximum Gasteiger partial charge on any atom is 0.0529 e. The van der Waals surface area contributed by atoms with Crippen molar-refractivity contribution < 1.29 is 5.11 Å². The average Bonchev–Trinajstić information content (AvgIpc) is 2.50. The first-order chi connectivity index (χ1) is 6.22. The van der Waals surface area contributed by atoms with Gasteiger partial charge in [-0.2, -0.15) is 0 Å². The molecule has 0 aliphatic rings. The van der Waals surface area contributed by atoms with Crippen LogP contribution in [0.3, 0.4) is 0 Å². The quantitative estimate of drug-likeness (QED) is 0.712. The predicted octanol–water partition coefficient (Wildman–Crippen LogP) is 0.978. The molecule has 1 aromatic rings. The minimum Gasteiger partial charge on any atom is -0.393 e. The number of hydrogen-bond acceptors (Lipinski definition) is 2. The number of aliphatic hydroxyl groups is 1. The van der Waals surface area contributed by atoms with Crippen LogP contribution in [0.5, 0.6) is 0 Å². The number of aryl methyl sites for hydroxylation is 1. The molecular weight excluding hydrogens is 164 g/mol. The molecule has 0 amide bonds. The van der Waals surface area contributed by atoms with Crippen LogP contribution >= 0.6 is 0 Å². The Balaban J connectivity index is 2.39. The standard InChI is InChI=1S/C10H18N2O/c1-9(13)3-5-12-6-4-10(8-12)7-11-2/h4,6,8-9,11,13H,3,5,7H2,1-2H3. The molecule has 0 radical (unpaired) electrons. The number of aliphatic hydroxyl groups excluding tert-OH is 1. The molecule has 0 aliphatic carbocycles. The Bertz CT molecular complexity index is 243. The van der Waals surface area contributed by atoms with Crippen molar-refractivity contribution in [1.29, 1.82) is 0 Å². The van der Waals surface area contributed by atoms with Gasteiger partial charge in [-0.25, -0.2) is 0 Å². The molecule has 1 unspecified atom stereocenters. The van der Waals surface area contributed by atoms with Gasteiger partial charge in [0.2, 0.25) is 0 Å². The van der Waals surface area contributed by atoms with Crippen LogP contribution in [0, 0.1) is 0 Å². The van der Waals surface area contributed by atoms with Crippen LogP contribution in [0.25, 0.3) is 0 Å². The molecule has 2 N–H and O–H groups in total. The summed E-state index contributed by atoms with van der Waals surface area (Å²) >= 11 is 0. The highest BCUT2D eigenvalue weighted by Gasteiger charge is 1.98. The van der Waals surface area contributed by atoms with Crippen molar-refractivity contribution >= 4 is 0 Å². The van der Waals surface area contributed by atoms with Crippen molar-refractivity contribution in [2.24, 2.45) is 0 Å². The Labute approximate surface area is 79.4 Å². The summed E-state index contributed by atoms with van der Waals surface area (Å²) in [4.78, 5) is 0. The summed E-state index contributed by atoms with van der Waals surface area (Å²) in [6, 6.07) is 2.10. The first kappa shape index (κ1) is 10.3. The molecule has 74 valence electrons. The monoisotopic (exact) mass is 182 g/mol. The first-order valence-corrected chi connectivity index (χ1v) is 4.69. The van der Waals surface area contributed by atoms with Crippen molar-refractivity contribution in [2.45, 2.75) is 32.5 Å². The summed E-state index contributed by atoms with van der Waals surface area (Å²) in [6.45, 7) is 3.61. The highest BCUT2D eigenvalue weighted by Crippen LogP contribution is 2.02. The summed E-state index contributed by atoms with van der Waals surface area (Å²) in [6.07, 6.45) is 4.76. The van der Waals surface area contributed by atoms with Crippen LogP contribution in [0.15, 0.2) is 18.5 Å². The first-order valence-electron chi connectivity index (χ1n) is 4.69. The molecule has 1 heterocycles. The highest BCUT2D eigenvalue weighted by molar-refractivity contribution is 5.09. The molecule has 0 saturated carbocycles. The van der Waals surface area contributed by atoms with Gasteiger partial charge >= 0.3 is 0 Å². The van der Waals surface area contributed by atoms with Gasteiger partial charge in [-0.1, -0.05) is 0 Å². The summed E-state index contributed by atoms with van der Waals surface area (Å²) in [5.41, 5.74) is 1.29. The molecule has 0 saturated heterocycles. The maximum absolute atomic E-state index is 9.10.